The normalized spacial score (nSPS) is 10.4. The molecule has 23 rings (SSSR count). The predicted octanol–water partition coefficient (Wildman–Crippen LogP) is 30.3. The second kappa shape index (κ2) is 49.5. The quantitative estimate of drug-likeness (QED) is 0.127. The molecule has 0 aliphatic carbocycles. The molecular weight excluding hydrogens is 2370 g/mol. The largest absolute Gasteiger partial charge is 0.501 e. The van der Waals surface area contributed by atoms with Crippen LogP contribution in [0.2, 0.25) is 0 Å². The SMILES string of the molecule is CC(C)(C)c1ccnc(-c2[c-]ccc(-c3ccccc3)c2)c1.Cc1ccc(-c2[c-]cccc2)nc1.Cc1ccc(-c2[c-]cccc2)nc1.Cc1cccc(-c2[c-]ccc3c2oc2ccccc23)n1.Cc1cccc(-c2[c-]ccc3c2oc2ccccc23)n1.[Ir].[Ir].[Ir].[Ir].[c-]1cc2oc3ccccc3c2cc1-c1ccccn1.[c-]1ccccc1-c1ccccn1.[c-]1ccccc1-c1ccccn1. The predicted molar refractivity (Wildman–Crippen MR) is 533 cm³/mol. The zero-order valence-corrected chi connectivity index (χ0v) is 84.6. The fourth-order valence-corrected chi connectivity index (χ4v) is 14.4. The van der Waals surface area contributed by atoms with Crippen LogP contribution in [0.3, 0.4) is 0 Å². The summed E-state index contributed by atoms with van der Waals surface area (Å²) in [6, 6.07) is 152. The Morgan fingerprint density at radius 2 is 0.615 bits per heavy atom. The number of hydrogen-bond donors (Lipinski definition) is 0. The van der Waals surface area contributed by atoms with Crippen LogP contribution in [0.15, 0.2) is 433 Å². The van der Waals surface area contributed by atoms with Gasteiger partial charge in [-0.2, -0.15) is 0 Å². The van der Waals surface area contributed by atoms with Crippen molar-refractivity contribution in [2.75, 3.05) is 0 Å². The van der Waals surface area contributed by atoms with Crippen LogP contribution in [-0.2, 0) is 85.8 Å². The van der Waals surface area contributed by atoms with Gasteiger partial charge in [-0.15, -0.1) is 239 Å². The molecule has 4 radical (unpaired) electrons. The number of para-hydroxylation sites is 3. The van der Waals surface area contributed by atoms with E-state index >= 15 is 0 Å². The van der Waals surface area contributed by atoms with Crippen molar-refractivity contribution < 1.29 is 93.7 Å². The molecule has 0 N–H and O–H groups in total. The van der Waals surface area contributed by atoms with Crippen molar-refractivity contribution >= 4 is 65.8 Å². The molecule has 0 bridgehead atoms. The average molecular weight is 2460 g/mol. The number of rotatable bonds is 9. The second-order valence-corrected chi connectivity index (χ2v) is 31.7. The Kier molecular flexibility index (Phi) is 36.6. The van der Waals surface area contributed by atoms with Gasteiger partial charge in [0.05, 0.1) is 16.7 Å². The van der Waals surface area contributed by atoms with E-state index in [4.69, 9.17) is 13.3 Å². The zero-order valence-electron chi connectivity index (χ0n) is 75.0. The number of fused-ring (bicyclic) bond motifs is 9. The van der Waals surface area contributed by atoms with Crippen molar-refractivity contribution in [3.63, 3.8) is 0 Å². The molecule has 12 aromatic carbocycles. The summed E-state index contributed by atoms with van der Waals surface area (Å²) in [5.41, 5.74) is 29.0. The van der Waals surface area contributed by atoms with Crippen LogP contribution in [0, 0.1) is 76.2 Å². The van der Waals surface area contributed by atoms with Gasteiger partial charge in [0.2, 0.25) is 0 Å². The van der Waals surface area contributed by atoms with Crippen LogP contribution in [0.25, 0.3) is 167 Å². The molecular formula is C120H90Ir4N8O3-8. The molecule has 0 spiro atoms. The maximum Gasteiger partial charge on any atom is 0.120 e. The zero-order chi connectivity index (χ0) is 89.9. The Bertz CT molecular complexity index is 7200. The van der Waals surface area contributed by atoms with Crippen molar-refractivity contribution in [1.82, 2.24) is 39.9 Å². The molecule has 0 saturated heterocycles. The van der Waals surface area contributed by atoms with Gasteiger partial charge in [-0.1, -0.05) is 224 Å². The molecule has 135 heavy (non-hydrogen) atoms. The number of aromatic nitrogens is 8. The topological polar surface area (TPSA) is 143 Å². The van der Waals surface area contributed by atoms with E-state index in [0.29, 0.717) is 0 Å². The van der Waals surface area contributed by atoms with Gasteiger partial charge in [0.15, 0.2) is 0 Å². The Morgan fingerprint density at radius 3 is 1.03 bits per heavy atom. The van der Waals surface area contributed by atoms with E-state index in [0.717, 1.165) is 167 Å². The molecule has 0 fully saturated rings. The van der Waals surface area contributed by atoms with Crippen molar-refractivity contribution in [3.05, 3.63) is 496 Å². The van der Waals surface area contributed by atoms with E-state index < -0.39 is 0 Å². The first kappa shape index (κ1) is 99.8. The molecule has 0 aliphatic rings. The number of benzene rings is 12. The maximum atomic E-state index is 6.01. The van der Waals surface area contributed by atoms with E-state index in [9.17, 15) is 0 Å². The van der Waals surface area contributed by atoms with E-state index in [1.807, 2.05) is 344 Å². The average Bonchev–Trinajstić information content (AvgIpc) is 1.61. The first-order valence-corrected chi connectivity index (χ1v) is 43.1. The molecule has 0 saturated carbocycles. The van der Waals surface area contributed by atoms with Crippen LogP contribution in [0.4, 0.5) is 0 Å². The number of nitrogens with zero attached hydrogens (tertiary/aromatic N) is 8. The first-order valence-electron chi connectivity index (χ1n) is 43.1. The smallest absolute Gasteiger partial charge is 0.120 e. The summed E-state index contributed by atoms with van der Waals surface area (Å²) >= 11 is 0. The van der Waals surface area contributed by atoms with Gasteiger partial charge in [-0.05, 0) is 156 Å². The maximum absolute atomic E-state index is 6.01. The van der Waals surface area contributed by atoms with Gasteiger partial charge in [0.25, 0.3) is 0 Å². The summed E-state index contributed by atoms with van der Waals surface area (Å²) in [6.07, 6.45) is 11.0. The summed E-state index contributed by atoms with van der Waals surface area (Å²) in [5.74, 6) is 0. The molecule has 15 heteroatoms. The Hall–Kier alpha value is -14.2. The van der Waals surface area contributed by atoms with E-state index in [1.54, 1.807) is 18.6 Å². The second-order valence-electron chi connectivity index (χ2n) is 31.7. The van der Waals surface area contributed by atoms with E-state index in [2.05, 4.69) is 194 Å². The van der Waals surface area contributed by atoms with Crippen LogP contribution >= 0.6 is 0 Å². The third-order valence-corrected chi connectivity index (χ3v) is 21.1. The number of hydrogen-bond acceptors (Lipinski definition) is 11. The Morgan fingerprint density at radius 1 is 0.237 bits per heavy atom. The van der Waals surface area contributed by atoms with Gasteiger partial charge >= 0.3 is 0 Å². The number of furan rings is 3. The van der Waals surface area contributed by atoms with Crippen LogP contribution in [-0.4, -0.2) is 39.9 Å². The molecule has 11 aromatic heterocycles. The Labute approximate surface area is 842 Å². The monoisotopic (exact) mass is 2460 g/mol. The summed E-state index contributed by atoms with van der Waals surface area (Å²) in [6.45, 7) is 14.7. The third kappa shape index (κ3) is 26.7. The molecule has 11 nitrogen and oxygen atoms in total. The summed E-state index contributed by atoms with van der Waals surface area (Å²) in [5, 5.41) is 6.71. The third-order valence-electron chi connectivity index (χ3n) is 21.1. The molecule has 0 aliphatic heterocycles. The molecule has 11 heterocycles. The van der Waals surface area contributed by atoms with Gasteiger partial charge < -0.3 is 53.1 Å². The molecule has 0 atom stereocenters. The van der Waals surface area contributed by atoms with E-state index in [-0.39, 0.29) is 85.8 Å². The van der Waals surface area contributed by atoms with Gasteiger partial charge in [0, 0.05) is 145 Å². The van der Waals surface area contributed by atoms with Crippen molar-refractivity contribution in [3.8, 4) is 101 Å². The van der Waals surface area contributed by atoms with Gasteiger partial charge in [-0.3, -0.25) is 0 Å². The molecule has 0 amide bonds. The van der Waals surface area contributed by atoms with Crippen LogP contribution < -0.4 is 0 Å². The van der Waals surface area contributed by atoms with Crippen LogP contribution in [0.1, 0.15) is 48.8 Å². The molecule has 0 unspecified atom stereocenters. The minimum Gasteiger partial charge on any atom is -0.501 e. The minimum atomic E-state index is 0. The molecule has 672 valence electrons. The summed E-state index contributed by atoms with van der Waals surface area (Å²) in [7, 11) is 0. The Balaban J connectivity index is 0.000000140. The standard InChI is InChI=1S/C21H20N.2C18H12NO.C17H10NO.2C12H10N.2C11H8N.4Ir/c1-21(2,3)19-12-13-22-20(15-19)18-11-7-10-17(14-18)16-8-5-4-6-9-16;2*1-12-6-4-10-16(19-12)15-9-5-8-14-13-7-2-3-11-17(13)20-18(14)15;1-2-7-16-13(5-1)14-11-12(8-9-17(14)19-16)15-6-3-4-10-18-15;2*1-10-7-8-12(13-9-10)11-5-3-2-4-6-11;2*1-2-6-10(7-3-1)11-8-4-5-9-12-11;;;;/h4-10,12-15H,1-3H3;2*2-8,10-11H,1H3;1-7,9-11H;2*2-5,7-9H,1H3;2*1-6,8-9H;;;;/q8*-1;;;;. The first-order chi connectivity index (χ1) is 64.3. The fraction of sp³-hybridized carbons (Fsp3) is 0.0667. The van der Waals surface area contributed by atoms with Gasteiger partial charge in [0.1, 0.15) is 16.7 Å². The van der Waals surface area contributed by atoms with Gasteiger partial charge in [-0.25, -0.2) is 0 Å². The van der Waals surface area contributed by atoms with Crippen molar-refractivity contribution in [1.29, 1.82) is 0 Å². The summed E-state index contributed by atoms with van der Waals surface area (Å²) < 4.78 is 17.8. The van der Waals surface area contributed by atoms with Crippen LogP contribution in [0.5, 0.6) is 0 Å². The fourth-order valence-electron chi connectivity index (χ4n) is 14.4. The van der Waals surface area contributed by atoms with Crippen molar-refractivity contribution in [2.24, 2.45) is 0 Å². The minimum absolute atomic E-state index is 0. The number of aryl methyl sites for hydroxylation is 4. The summed E-state index contributed by atoms with van der Waals surface area (Å²) in [4.78, 5) is 35.1. The van der Waals surface area contributed by atoms with E-state index in [1.165, 1.54) is 27.8 Å². The molecule has 23 aromatic rings. The van der Waals surface area contributed by atoms with Crippen molar-refractivity contribution in [2.45, 2.75) is 53.9 Å². The number of pyridine rings is 8.